The van der Waals surface area contributed by atoms with Crippen LogP contribution in [0.25, 0.3) is 0 Å². The molecule has 1 saturated heterocycles. The number of sulfonamides is 1. The summed E-state index contributed by atoms with van der Waals surface area (Å²) in [6.07, 6.45) is 7.53. The molecule has 2 aliphatic rings. The maximum absolute atomic E-state index is 12.3. The molecule has 106 valence electrons. The van der Waals surface area contributed by atoms with Gasteiger partial charge >= 0.3 is 0 Å². The second-order valence-electron chi connectivity index (χ2n) is 5.28. The van der Waals surface area contributed by atoms with Gasteiger partial charge in [0.15, 0.2) is 0 Å². The van der Waals surface area contributed by atoms with Gasteiger partial charge in [0.25, 0.3) is 0 Å². The molecule has 0 aromatic carbocycles. The minimum Gasteiger partial charge on any atom is -0.312 e. The monoisotopic (exact) mass is 284 g/mol. The van der Waals surface area contributed by atoms with Crippen molar-refractivity contribution in [3.05, 3.63) is 12.4 Å². The van der Waals surface area contributed by atoms with E-state index in [0.29, 0.717) is 30.6 Å². The number of nitrogens with one attached hydrogen (secondary N) is 1. The minimum atomic E-state index is -3.32. The van der Waals surface area contributed by atoms with Crippen LogP contribution in [0.3, 0.4) is 0 Å². The van der Waals surface area contributed by atoms with Gasteiger partial charge in [0.2, 0.25) is 10.0 Å². The summed E-state index contributed by atoms with van der Waals surface area (Å²) in [6, 6.07) is 0.670. The first-order valence-corrected chi connectivity index (χ1v) is 8.36. The fourth-order valence-electron chi connectivity index (χ4n) is 2.35. The molecule has 6 nitrogen and oxygen atoms in total. The van der Waals surface area contributed by atoms with E-state index in [1.165, 1.54) is 19.0 Å². The Hall–Kier alpha value is -0.920. The fourth-order valence-corrected chi connectivity index (χ4v) is 3.82. The van der Waals surface area contributed by atoms with Crippen molar-refractivity contribution in [2.24, 2.45) is 0 Å². The summed E-state index contributed by atoms with van der Waals surface area (Å²) in [6.45, 7) is 2.83. The Morgan fingerprint density at radius 2 is 2.05 bits per heavy atom. The van der Waals surface area contributed by atoms with Crippen LogP contribution in [0.15, 0.2) is 17.3 Å². The number of nitrogens with zero attached hydrogens (tertiary/aromatic N) is 3. The normalized spacial score (nSPS) is 21.1. The zero-order valence-corrected chi connectivity index (χ0v) is 11.8. The molecule has 7 heteroatoms. The maximum atomic E-state index is 12.3. The van der Waals surface area contributed by atoms with E-state index in [0.717, 1.165) is 19.4 Å². The summed E-state index contributed by atoms with van der Waals surface area (Å²) >= 11 is 0. The molecule has 1 N–H and O–H groups in total. The van der Waals surface area contributed by atoms with Crippen molar-refractivity contribution < 1.29 is 8.42 Å². The van der Waals surface area contributed by atoms with E-state index in [1.54, 1.807) is 15.2 Å². The molecule has 0 atom stereocenters. The van der Waals surface area contributed by atoms with E-state index in [4.69, 9.17) is 0 Å². The average molecular weight is 284 g/mol. The molecule has 2 heterocycles. The molecule has 2 fully saturated rings. The quantitative estimate of drug-likeness (QED) is 0.822. The average Bonchev–Trinajstić information content (AvgIpc) is 2.89. The van der Waals surface area contributed by atoms with Crippen LogP contribution in [-0.4, -0.2) is 48.2 Å². The highest BCUT2D eigenvalue weighted by Crippen LogP contribution is 2.20. The van der Waals surface area contributed by atoms with E-state index >= 15 is 0 Å². The third-order valence-corrected chi connectivity index (χ3v) is 5.52. The highest BCUT2D eigenvalue weighted by atomic mass is 32.2. The lowest BCUT2D eigenvalue weighted by atomic mass is 10.4. The van der Waals surface area contributed by atoms with Crippen molar-refractivity contribution in [1.29, 1.82) is 0 Å². The van der Waals surface area contributed by atoms with E-state index < -0.39 is 10.0 Å². The lowest BCUT2D eigenvalue weighted by Gasteiger charge is -2.13. The van der Waals surface area contributed by atoms with Crippen molar-refractivity contribution in [2.45, 2.75) is 43.2 Å². The van der Waals surface area contributed by atoms with E-state index in [-0.39, 0.29) is 0 Å². The Labute approximate surface area is 113 Å². The summed E-state index contributed by atoms with van der Waals surface area (Å²) in [5.41, 5.74) is 0. The van der Waals surface area contributed by atoms with Crippen molar-refractivity contribution in [1.82, 2.24) is 19.4 Å². The van der Waals surface area contributed by atoms with Crippen molar-refractivity contribution in [2.75, 3.05) is 19.6 Å². The lowest BCUT2D eigenvalue weighted by molar-refractivity contribution is 0.477. The summed E-state index contributed by atoms with van der Waals surface area (Å²) < 4.78 is 27.9. The molecule has 1 saturated carbocycles. The van der Waals surface area contributed by atoms with Gasteiger partial charge in [0, 0.05) is 31.9 Å². The number of hydrogen-bond donors (Lipinski definition) is 1. The van der Waals surface area contributed by atoms with Crippen LogP contribution in [0.2, 0.25) is 0 Å². The van der Waals surface area contributed by atoms with Crippen molar-refractivity contribution >= 4 is 10.0 Å². The van der Waals surface area contributed by atoms with Crippen LogP contribution in [-0.2, 0) is 16.6 Å². The molecule has 3 rings (SSSR count). The van der Waals surface area contributed by atoms with Crippen LogP contribution < -0.4 is 5.32 Å². The molecule has 1 aromatic rings. The van der Waals surface area contributed by atoms with Gasteiger partial charge in [-0.05, 0) is 25.7 Å². The predicted octanol–water partition coefficient (Wildman–Crippen LogP) is 0.420. The predicted molar refractivity (Wildman–Crippen MR) is 71.2 cm³/mol. The molecule has 0 amide bonds. The first kappa shape index (κ1) is 13.1. The molecule has 0 unspecified atom stereocenters. The Kier molecular flexibility index (Phi) is 3.60. The standard InChI is InChI=1S/C12H20N4O2S/c17-19(18,16-6-1-2-7-16)12-9-14-15(10-12)8-5-13-11-3-4-11/h9-11,13H,1-8H2. The molecular weight excluding hydrogens is 264 g/mol. The Balaban J connectivity index is 1.62. The van der Waals surface area contributed by atoms with Gasteiger partial charge in [-0.2, -0.15) is 9.40 Å². The zero-order valence-electron chi connectivity index (χ0n) is 11.0. The van der Waals surface area contributed by atoms with Crippen LogP contribution in [0, 0.1) is 0 Å². The third-order valence-electron chi connectivity index (χ3n) is 3.66. The summed E-state index contributed by atoms with van der Waals surface area (Å²) in [5, 5.41) is 7.53. The highest BCUT2D eigenvalue weighted by molar-refractivity contribution is 7.89. The van der Waals surface area contributed by atoms with Crippen LogP contribution in [0.1, 0.15) is 25.7 Å². The van der Waals surface area contributed by atoms with Gasteiger partial charge in [-0.3, -0.25) is 4.68 Å². The molecular formula is C12H20N4O2S. The van der Waals surface area contributed by atoms with Gasteiger partial charge in [-0.25, -0.2) is 8.42 Å². The van der Waals surface area contributed by atoms with Crippen molar-refractivity contribution in [3.63, 3.8) is 0 Å². The molecule has 1 aliphatic carbocycles. The molecule has 0 radical (unpaired) electrons. The lowest BCUT2D eigenvalue weighted by Crippen LogP contribution is -2.27. The van der Waals surface area contributed by atoms with E-state index in [9.17, 15) is 8.42 Å². The molecule has 1 aromatic heterocycles. The van der Waals surface area contributed by atoms with Gasteiger partial charge < -0.3 is 5.32 Å². The Bertz CT molecular complexity index is 530. The Morgan fingerprint density at radius 3 is 2.74 bits per heavy atom. The summed E-state index contributed by atoms with van der Waals surface area (Å²) in [4.78, 5) is 0.320. The summed E-state index contributed by atoms with van der Waals surface area (Å²) in [7, 11) is -3.32. The van der Waals surface area contributed by atoms with E-state index in [2.05, 4.69) is 10.4 Å². The maximum Gasteiger partial charge on any atom is 0.246 e. The molecule has 1 aliphatic heterocycles. The first-order chi connectivity index (χ1) is 9.16. The highest BCUT2D eigenvalue weighted by Gasteiger charge is 2.28. The van der Waals surface area contributed by atoms with Crippen molar-refractivity contribution in [3.8, 4) is 0 Å². The molecule has 0 spiro atoms. The first-order valence-electron chi connectivity index (χ1n) is 6.92. The van der Waals surface area contributed by atoms with Crippen LogP contribution in [0.4, 0.5) is 0 Å². The second-order valence-corrected chi connectivity index (χ2v) is 7.22. The third kappa shape index (κ3) is 2.98. The zero-order chi connectivity index (χ0) is 13.3. The van der Waals surface area contributed by atoms with Crippen LogP contribution >= 0.6 is 0 Å². The summed E-state index contributed by atoms with van der Waals surface area (Å²) in [5.74, 6) is 0. The van der Waals surface area contributed by atoms with Gasteiger partial charge in [-0.15, -0.1) is 0 Å². The topological polar surface area (TPSA) is 67.2 Å². The Morgan fingerprint density at radius 1 is 1.32 bits per heavy atom. The number of rotatable bonds is 6. The molecule has 19 heavy (non-hydrogen) atoms. The SMILES string of the molecule is O=S(=O)(c1cnn(CCNC2CC2)c1)N1CCCC1. The minimum absolute atomic E-state index is 0.320. The second kappa shape index (κ2) is 5.22. The smallest absolute Gasteiger partial charge is 0.246 e. The van der Waals surface area contributed by atoms with Gasteiger partial charge in [-0.1, -0.05) is 0 Å². The van der Waals surface area contributed by atoms with Gasteiger partial charge in [0.1, 0.15) is 4.90 Å². The van der Waals surface area contributed by atoms with Gasteiger partial charge in [0.05, 0.1) is 12.7 Å². The van der Waals surface area contributed by atoms with E-state index in [1.807, 2.05) is 0 Å². The van der Waals surface area contributed by atoms with Crippen LogP contribution in [0.5, 0.6) is 0 Å². The number of hydrogen-bond acceptors (Lipinski definition) is 4. The number of aromatic nitrogens is 2. The molecule has 0 bridgehead atoms. The largest absolute Gasteiger partial charge is 0.312 e. The fraction of sp³-hybridized carbons (Fsp3) is 0.750.